The molecule has 1 aromatic rings. The van der Waals surface area contributed by atoms with E-state index < -0.39 is 5.60 Å². The van der Waals surface area contributed by atoms with Crippen molar-refractivity contribution in [2.45, 2.75) is 78.5 Å². The lowest BCUT2D eigenvalue weighted by atomic mass is 10.0. The van der Waals surface area contributed by atoms with Gasteiger partial charge in [-0.1, -0.05) is 6.92 Å². The van der Waals surface area contributed by atoms with Gasteiger partial charge >= 0.3 is 6.09 Å². The molecule has 2 aliphatic rings. The Morgan fingerprint density at radius 2 is 2.00 bits per heavy atom. The molecule has 0 radical (unpaired) electrons. The van der Waals surface area contributed by atoms with Crippen molar-refractivity contribution in [3.05, 3.63) is 18.5 Å². The normalized spacial score (nSPS) is 19.0. The number of ether oxygens (including phenoxy) is 1. The minimum absolute atomic E-state index is 0.157. The van der Waals surface area contributed by atoms with Gasteiger partial charge in [-0.3, -0.25) is 9.67 Å². The summed E-state index contributed by atoms with van der Waals surface area (Å²) in [6.07, 6.45) is 8.00. The van der Waals surface area contributed by atoms with E-state index in [4.69, 9.17) is 9.73 Å². The summed E-state index contributed by atoms with van der Waals surface area (Å²) in [6.45, 7) is 15.2. The highest BCUT2D eigenvalue weighted by atomic mass is 16.6. The lowest BCUT2D eigenvalue weighted by molar-refractivity contribution is 0.00928. The van der Waals surface area contributed by atoms with E-state index in [9.17, 15) is 4.79 Å². The quantitative estimate of drug-likeness (QED) is 0.488. The fraction of sp³-hybridized carbons (Fsp3) is 0.792. The van der Waals surface area contributed by atoms with Crippen molar-refractivity contribution in [3.8, 4) is 0 Å². The predicted molar refractivity (Wildman–Crippen MR) is 128 cm³/mol. The van der Waals surface area contributed by atoms with Crippen LogP contribution in [0.25, 0.3) is 0 Å². The van der Waals surface area contributed by atoms with Crippen molar-refractivity contribution in [3.63, 3.8) is 0 Å². The minimum atomic E-state index is -0.461. The molecule has 1 saturated heterocycles. The van der Waals surface area contributed by atoms with Crippen molar-refractivity contribution in [2.75, 3.05) is 32.7 Å². The van der Waals surface area contributed by atoms with Crippen LogP contribution >= 0.6 is 0 Å². The number of aromatic nitrogens is 2. The molecule has 2 heterocycles. The maximum Gasteiger partial charge on any atom is 0.410 e. The van der Waals surface area contributed by atoms with Gasteiger partial charge < -0.3 is 19.9 Å². The van der Waals surface area contributed by atoms with Crippen molar-refractivity contribution in [1.82, 2.24) is 24.9 Å². The van der Waals surface area contributed by atoms with Crippen LogP contribution in [0.15, 0.2) is 23.5 Å². The minimum Gasteiger partial charge on any atom is -0.444 e. The smallest absolute Gasteiger partial charge is 0.410 e. The Hall–Kier alpha value is -2.25. The van der Waals surface area contributed by atoms with Gasteiger partial charge in [-0.25, -0.2) is 4.79 Å². The van der Waals surface area contributed by atoms with Crippen LogP contribution < -0.4 is 5.32 Å². The Bertz CT molecular complexity index is 730. The molecule has 32 heavy (non-hydrogen) atoms. The van der Waals surface area contributed by atoms with E-state index in [2.05, 4.69) is 29.2 Å². The van der Waals surface area contributed by atoms with Gasteiger partial charge in [-0.2, -0.15) is 5.10 Å². The van der Waals surface area contributed by atoms with Gasteiger partial charge in [0.05, 0.1) is 0 Å². The Morgan fingerprint density at radius 1 is 1.28 bits per heavy atom. The van der Waals surface area contributed by atoms with E-state index in [1.807, 2.05) is 48.8 Å². The summed E-state index contributed by atoms with van der Waals surface area (Å²) in [4.78, 5) is 22.2. The van der Waals surface area contributed by atoms with E-state index in [0.717, 1.165) is 58.1 Å². The van der Waals surface area contributed by atoms with Crippen molar-refractivity contribution in [2.24, 2.45) is 16.8 Å². The maximum absolute atomic E-state index is 12.9. The molecule has 1 aliphatic heterocycles. The Balaban J connectivity index is 1.56. The standard InChI is InChI=1S/C24H42N6O2/c1-6-25-22(26-16-19(2)17-29-13-7-12-27-29)28-14-10-21(11-15-28)30(18-20-8-9-20)23(31)32-24(3,4)5/h7,12-13,19-21H,6,8-11,14-18H2,1-5H3,(H,25,26). The summed E-state index contributed by atoms with van der Waals surface area (Å²) in [6, 6.07) is 2.19. The third kappa shape index (κ3) is 7.71. The second-order valence-corrected chi connectivity index (χ2v) is 10.3. The van der Waals surface area contributed by atoms with Crippen LogP contribution in [0.1, 0.15) is 60.3 Å². The lowest BCUT2D eigenvalue weighted by Gasteiger charge is -2.40. The van der Waals surface area contributed by atoms with Crippen LogP contribution in [-0.4, -0.2) is 76.0 Å². The molecule has 3 rings (SSSR count). The lowest BCUT2D eigenvalue weighted by Crippen LogP contribution is -2.52. The highest BCUT2D eigenvalue weighted by Crippen LogP contribution is 2.32. The summed E-state index contributed by atoms with van der Waals surface area (Å²) >= 11 is 0. The molecular weight excluding hydrogens is 404 g/mol. The number of nitrogens with zero attached hydrogens (tertiary/aromatic N) is 5. The van der Waals surface area contributed by atoms with Gasteiger partial charge in [-0.15, -0.1) is 0 Å². The SMILES string of the molecule is CCNC(=NCC(C)Cn1cccn1)N1CCC(N(CC2CC2)C(=O)OC(C)(C)C)CC1. The number of nitrogens with one attached hydrogen (secondary N) is 1. The summed E-state index contributed by atoms with van der Waals surface area (Å²) in [5, 5.41) is 7.75. The van der Waals surface area contributed by atoms with Crippen LogP contribution in [-0.2, 0) is 11.3 Å². The summed E-state index contributed by atoms with van der Waals surface area (Å²) in [5.74, 6) is 2.03. The molecule has 180 valence electrons. The van der Waals surface area contributed by atoms with Crippen LogP contribution in [0.4, 0.5) is 4.79 Å². The zero-order chi connectivity index (χ0) is 23.1. The molecule has 0 aromatic carbocycles. The molecule has 1 atom stereocenters. The first-order chi connectivity index (χ1) is 15.2. The zero-order valence-electron chi connectivity index (χ0n) is 20.6. The fourth-order valence-electron chi connectivity index (χ4n) is 4.11. The first-order valence-corrected chi connectivity index (χ1v) is 12.3. The maximum atomic E-state index is 12.9. The number of carbonyl (C=O) groups is 1. The molecular formula is C24H42N6O2. The molecule has 1 amide bonds. The van der Waals surface area contributed by atoms with Gasteiger partial charge in [0.25, 0.3) is 0 Å². The summed E-state index contributed by atoms with van der Waals surface area (Å²) < 4.78 is 7.69. The number of piperidine rings is 1. The summed E-state index contributed by atoms with van der Waals surface area (Å²) in [7, 11) is 0. The van der Waals surface area contributed by atoms with E-state index >= 15 is 0 Å². The molecule has 1 aromatic heterocycles. The van der Waals surface area contributed by atoms with Gasteiger partial charge in [0, 0.05) is 57.7 Å². The van der Waals surface area contributed by atoms with Crippen LogP contribution in [0.3, 0.4) is 0 Å². The van der Waals surface area contributed by atoms with Crippen molar-refractivity contribution in [1.29, 1.82) is 0 Å². The number of guanidine groups is 1. The van der Waals surface area contributed by atoms with Crippen molar-refractivity contribution < 1.29 is 9.53 Å². The number of aliphatic imine (C=N–C) groups is 1. The second kappa shape index (κ2) is 11.1. The van der Waals surface area contributed by atoms with Gasteiger partial charge in [0.15, 0.2) is 5.96 Å². The molecule has 1 unspecified atom stereocenters. The first-order valence-electron chi connectivity index (χ1n) is 12.3. The first kappa shape index (κ1) is 24.4. The monoisotopic (exact) mass is 446 g/mol. The number of likely N-dealkylation sites (tertiary alicyclic amines) is 1. The zero-order valence-corrected chi connectivity index (χ0v) is 20.6. The largest absolute Gasteiger partial charge is 0.444 e. The second-order valence-electron chi connectivity index (χ2n) is 10.3. The third-order valence-electron chi connectivity index (χ3n) is 5.93. The topological polar surface area (TPSA) is 75.0 Å². The van der Waals surface area contributed by atoms with E-state index in [1.54, 1.807) is 0 Å². The molecule has 1 saturated carbocycles. The molecule has 8 heteroatoms. The Morgan fingerprint density at radius 3 is 2.56 bits per heavy atom. The number of rotatable bonds is 8. The molecule has 0 bridgehead atoms. The highest BCUT2D eigenvalue weighted by molar-refractivity contribution is 5.80. The van der Waals surface area contributed by atoms with E-state index in [1.165, 1.54) is 12.8 Å². The van der Waals surface area contributed by atoms with E-state index in [0.29, 0.717) is 11.8 Å². The summed E-state index contributed by atoms with van der Waals surface area (Å²) in [5.41, 5.74) is -0.461. The molecule has 2 fully saturated rings. The van der Waals surface area contributed by atoms with E-state index in [-0.39, 0.29) is 12.1 Å². The Labute approximate surface area is 193 Å². The molecule has 1 aliphatic carbocycles. The fourth-order valence-corrected chi connectivity index (χ4v) is 4.11. The molecule has 1 N–H and O–H groups in total. The number of amides is 1. The predicted octanol–water partition coefficient (Wildman–Crippen LogP) is 3.60. The third-order valence-corrected chi connectivity index (χ3v) is 5.93. The number of hydrogen-bond acceptors (Lipinski definition) is 4. The Kier molecular flexibility index (Phi) is 8.43. The average molecular weight is 447 g/mol. The molecule has 8 nitrogen and oxygen atoms in total. The number of carbonyl (C=O) groups excluding carboxylic acids is 1. The number of hydrogen-bond donors (Lipinski definition) is 1. The van der Waals surface area contributed by atoms with Crippen LogP contribution in [0.2, 0.25) is 0 Å². The van der Waals surface area contributed by atoms with Crippen LogP contribution in [0, 0.1) is 11.8 Å². The average Bonchev–Trinajstić information content (AvgIpc) is 3.42. The van der Waals surface area contributed by atoms with Gasteiger partial charge in [0.1, 0.15) is 5.60 Å². The van der Waals surface area contributed by atoms with Gasteiger partial charge in [0.2, 0.25) is 0 Å². The molecule has 0 spiro atoms. The van der Waals surface area contributed by atoms with Crippen molar-refractivity contribution >= 4 is 12.1 Å². The van der Waals surface area contributed by atoms with Gasteiger partial charge in [-0.05, 0) is 71.3 Å². The van der Waals surface area contributed by atoms with Crippen LogP contribution in [0.5, 0.6) is 0 Å². The highest BCUT2D eigenvalue weighted by Gasteiger charge is 2.35.